The van der Waals surface area contributed by atoms with Gasteiger partial charge in [0.25, 0.3) is 0 Å². The SMILES string of the molecule is O=C(NCc1cccnc1)Nc1ccc(OCc2ccccc2-c2ccnc(N3CCOCC3)c2)cc1.[HH].[HH]. The molecule has 0 atom stereocenters. The minimum absolute atomic E-state index is 0. The number of aromatic nitrogens is 2. The molecule has 1 aliphatic rings. The van der Waals surface area contributed by atoms with Gasteiger partial charge in [-0.1, -0.05) is 30.3 Å². The van der Waals surface area contributed by atoms with E-state index in [1.165, 1.54) is 0 Å². The maximum atomic E-state index is 12.2. The van der Waals surface area contributed by atoms with Gasteiger partial charge in [-0.15, -0.1) is 0 Å². The van der Waals surface area contributed by atoms with Crippen molar-refractivity contribution in [2.24, 2.45) is 0 Å². The Balaban J connectivity index is 0.00000210. The largest absolute Gasteiger partial charge is 0.489 e. The minimum atomic E-state index is -0.278. The average Bonchev–Trinajstić information content (AvgIpc) is 2.97. The maximum Gasteiger partial charge on any atom is 0.319 e. The molecule has 0 spiro atoms. The first-order valence-corrected chi connectivity index (χ1v) is 12.3. The summed E-state index contributed by atoms with van der Waals surface area (Å²) in [5.41, 5.74) is 4.92. The number of benzene rings is 2. The van der Waals surface area contributed by atoms with Gasteiger partial charge in [-0.25, -0.2) is 9.78 Å². The topological polar surface area (TPSA) is 88.6 Å². The molecule has 8 heteroatoms. The monoisotopic (exact) mass is 499 g/mol. The van der Waals surface area contributed by atoms with E-state index >= 15 is 0 Å². The van der Waals surface area contributed by atoms with E-state index in [9.17, 15) is 4.79 Å². The zero-order valence-corrected chi connectivity index (χ0v) is 20.5. The van der Waals surface area contributed by atoms with Gasteiger partial charge >= 0.3 is 6.03 Å². The van der Waals surface area contributed by atoms with E-state index in [1.54, 1.807) is 12.4 Å². The van der Waals surface area contributed by atoms with Crippen molar-refractivity contribution in [3.05, 3.63) is 103 Å². The van der Waals surface area contributed by atoms with Crippen LogP contribution in [-0.2, 0) is 17.9 Å². The molecule has 1 saturated heterocycles. The Bertz CT molecular complexity index is 1320. The second-order valence-electron chi connectivity index (χ2n) is 8.64. The summed E-state index contributed by atoms with van der Waals surface area (Å²) in [6.07, 6.45) is 5.28. The third-order valence-electron chi connectivity index (χ3n) is 6.09. The number of anilines is 2. The summed E-state index contributed by atoms with van der Waals surface area (Å²) in [5, 5.41) is 5.65. The zero-order valence-electron chi connectivity index (χ0n) is 20.5. The lowest BCUT2D eigenvalue weighted by Gasteiger charge is -2.28. The molecular formula is C29H33N5O3. The summed E-state index contributed by atoms with van der Waals surface area (Å²) >= 11 is 0. The van der Waals surface area contributed by atoms with Crippen LogP contribution < -0.4 is 20.3 Å². The van der Waals surface area contributed by atoms with Crippen molar-refractivity contribution >= 4 is 17.5 Å². The van der Waals surface area contributed by atoms with Gasteiger partial charge in [0.05, 0.1) is 13.2 Å². The van der Waals surface area contributed by atoms with Gasteiger partial charge in [-0.3, -0.25) is 4.98 Å². The van der Waals surface area contributed by atoms with Crippen LogP contribution in [0.2, 0.25) is 0 Å². The third kappa shape index (κ3) is 6.62. The quantitative estimate of drug-likeness (QED) is 0.339. The van der Waals surface area contributed by atoms with Crippen molar-refractivity contribution in [2.75, 3.05) is 36.5 Å². The number of hydrogen-bond acceptors (Lipinski definition) is 6. The van der Waals surface area contributed by atoms with Crippen LogP contribution in [0, 0.1) is 0 Å². The van der Waals surface area contributed by atoms with Crippen molar-refractivity contribution in [2.45, 2.75) is 13.2 Å². The molecule has 2 aromatic carbocycles. The van der Waals surface area contributed by atoms with Crippen molar-refractivity contribution in [1.82, 2.24) is 15.3 Å². The van der Waals surface area contributed by atoms with Crippen molar-refractivity contribution in [1.29, 1.82) is 0 Å². The van der Waals surface area contributed by atoms with E-state index in [1.807, 2.05) is 60.8 Å². The minimum Gasteiger partial charge on any atom is -0.489 e. The number of urea groups is 1. The normalized spacial score (nSPS) is 13.1. The second-order valence-corrected chi connectivity index (χ2v) is 8.64. The summed E-state index contributed by atoms with van der Waals surface area (Å²) < 4.78 is 11.6. The van der Waals surface area contributed by atoms with Gasteiger partial charge in [-0.2, -0.15) is 0 Å². The molecule has 2 amide bonds. The fourth-order valence-corrected chi connectivity index (χ4v) is 4.14. The van der Waals surface area contributed by atoms with Crippen molar-refractivity contribution < 1.29 is 17.1 Å². The highest BCUT2D eigenvalue weighted by molar-refractivity contribution is 5.89. The molecule has 192 valence electrons. The number of rotatable bonds is 8. The molecule has 2 aromatic heterocycles. The van der Waals surface area contributed by atoms with Gasteiger partial charge in [0.15, 0.2) is 0 Å². The first-order valence-electron chi connectivity index (χ1n) is 12.3. The molecule has 0 unspecified atom stereocenters. The zero-order chi connectivity index (χ0) is 25.3. The van der Waals surface area contributed by atoms with Crippen molar-refractivity contribution in [3.63, 3.8) is 0 Å². The molecule has 1 fully saturated rings. The Morgan fingerprint density at radius 2 is 1.84 bits per heavy atom. The molecule has 1 aliphatic heterocycles. The Morgan fingerprint density at radius 1 is 1.00 bits per heavy atom. The molecule has 0 saturated carbocycles. The summed E-state index contributed by atoms with van der Waals surface area (Å²) in [7, 11) is 0. The van der Waals surface area contributed by atoms with Crippen LogP contribution in [0.25, 0.3) is 11.1 Å². The van der Waals surface area contributed by atoms with Gasteiger partial charge in [0.2, 0.25) is 0 Å². The molecule has 3 heterocycles. The molecule has 4 aromatic rings. The predicted octanol–water partition coefficient (Wildman–Crippen LogP) is 5.37. The third-order valence-corrected chi connectivity index (χ3v) is 6.09. The summed E-state index contributed by atoms with van der Waals surface area (Å²) in [4.78, 5) is 23.1. The highest BCUT2D eigenvalue weighted by Crippen LogP contribution is 2.28. The standard InChI is InChI=1S/C29H29N5O3.2H2/c35-29(32-20-22-4-3-12-30-19-22)33-25-7-9-26(10-8-25)37-21-24-5-1-2-6-27(24)23-11-13-31-28(18-23)34-14-16-36-17-15-34;;/h1-13,18-19H,14-17,20-21H2,(H2,32,33,35);2*1H. The summed E-state index contributed by atoms with van der Waals surface area (Å²) in [5.74, 6) is 1.68. The Morgan fingerprint density at radius 3 is 2.65 bits per heavy atom. The fourth-order valence-electron chi connectivity index (χ4n) is 4.14. The number of hydrogen-bond donors (Lipinski definition) is 2. The van der Waals surface area contributed by atoms with Gasteiger partial charge < -0.3 is 25.0 Å². The predicted molar refractivity (Wildman–Crippen MR) is 148 cm³/mol. The molecule has 0 aliphatic carbocycles. The lowest BCUT2D eigenvalue weighted by atomic mass is 10.0. The highest BCUT2D eigenvalue weighted by Gasteiger charge is 2.14. The highest BCUT2D eigenvalue weighted by atomic mass is 16.5. The van der Waals surface area contributed by atoms with Gasteiger partial charge in [0.1, 0.15) is 18.2 Å². The first kappa shape index (κ1) is 24.3. The number of pyridine rings is 2. The lowest BCUT2D eigenvalue weighted by molar-refractivity contribution is 0.122. The number of nitrogens with zero attached hydrogens (tertiary/aromatic N) is 3. The molecule has 2 N–H and O–H groups in total. The number of carbonyl (C=O) groups is 1. The molecule has 5 rings (SSSR count). The van der Waals surface area contributed by atoms with Crippen LogP contribution in [0.5, 0.6) is 5.75 Å². The number of ether oxygens (including phenoxy) is 2. The molecule has 8 nitrogen and oxygen atoms in total. The lowest BCUT2D eigenvalue weighted by Crippen LogP contribution is -2.36. The molecule has 0 bridgehead atoms. The number of nitrogens with one attached hydrogen (secondary N) is 2. The van der Waals surface area contributed by atoms with Crippen LogP contribution >= 0.6 is 0 Å². The molecular weight excluding hydrogens is 466 g/mol. The van der Waals surface area contributed by atoms with Crippen LogP contribution in [0.3, 0.4) is 0 Å². The Labute approximate surface area is 219 Å². The van der Waals surface area contributed by atoms with Crippen LogP contribution in [0.1, 0.15) is 14.0 Å². The van der Waals surface area contributed by atoms with Crippen LogP contribution in [0.4, 0.5) is 16.3 Å². The van der Waals surface area contributed by atoms with E-state index in [4.69, 9.17) is 9.47 Å². The van der Waals surface area contributed by atoms with Gasteiger partial charge in [-0.05, 0) is 64.7 Å². The van der Waals surface area contributed by atoms with E-state index in [-0.39, 0.29) is 8.88 Å². The van der Waals surface area contributed by atoms with Crippen LogP contribution in [0.15, 0.2) is 91.4 Å². The van der Waals surface area contributed by atoms with E-state index in [0.29, 0.717) is 18.8 Å². The number of carbonyl (C=O) groups excluding carboxylic acids is 1. The van der Waals surface area contributed by atoms with E-state index in [2.05, 4.69) is 43.7 Å². The maximum absolute atomic E-state index is 12.2. The number of morpholine rings is 1. The molecule has 37 heavy (non-hydrogen) atoms. The Hall–Kier alpha value is -4.43. The fraction of sp³-hybridized carbons (Fsp3) is 0.207. The van der Waals surface area contributed by atoms with Crippen LogP contribution in [-0.4, -0.2) is 42.3 Å². The van der Waals surface area contributed by atoms with E-state index in [0.717, 1.165) is 60.1 Å². The summed E-state index contributed by atoms with van der Waals surface area (Å²) in [6, 6.07) is 23.2. The first-order chi connectivity index (χ1) is 18.2. The Kier molecular flexibility index (Phi) is 7.88. The number of amides is 2. The smallest absolute Gasteiger partial charge is 0.319 e. The van der Waals surface area contributed by atoms with Crippen molar-refractivity contribution in [3.8, 4) is 16.9 Å². The summed E-state index contributed by atoms with van der Waals surface area (Å²) in [6.45, 7) is 3.97. The van der Waals surface area contributed by atoms with Gasteiger partial charge in [0, 0.05) is 46.8 Å². The second kappa shape index (κ2) is 12.0. The average molecular weight is 500 g/mol. The van der Waals surface area contributed by atoms with E-state index < -0.39 is 0 Å². The molecule has 0 radical (unpaired) electrons.